The summed E-state index contributed by atoms with van der Waals surface area (Å²) < 4.78 is 40.2. The molecule has 1 N–H and O–H groups in total. The Kier molecular flexibility index (Phi) is 6.18. The minimum atomic E-state index is -4.96. The van der Waals surface area contributed by atoms with Gasteiger partial charge in [-0.05, 0) is 31.2 Å². The van der Waals surface area contributed by atoms with Crippen LogP contribution in [0.25, 0.3) is 11.4 Å². The van der Waals surface area contributed by atoms with Crippen molar-refractivity contribution < 1.29 is 23.2 Å². The Hall–Kier alpha value is -3.18. The minimum absolute atomic E-state index is 0.100. The molecule has 0 saturated heterocycles. The van der Waals surface area contributed by atoms with Gasteiger partial charge in [0.1, 0.15) is 0 Å². The number of rotatable bonds is 6. The summed E-state index contributed by atoms with van der Waals surface area (Å²) in [7, 11) is 0. The highest BCUT2D eigenvalue weighted by Crippen LogP contribution is 2.26. The molecule has 1 aromatic heterocycles. The second-order valence-electron chi connectivity index (χ2n) is 6.62. The molecule has 0 amide bonds. The Labute approximate surface area is 178 Å². The second kappa shape index (κ2) is 8.52. The van der Waals surface area contributed by atoms with Crippen LogP contribution in [0.3, 0.4) is 0 Å². The summed E-state index contributed by atoms with van der Waals surface area (Å²) in [4.78, 5) is 23.6. The molecule has 0 aliphatic rings. The highest BCUT2D eigenvalue weighted by atomic mass is 35.5. The molecule has 31 heavy (non-hydrogen) atoms. The molecule has 1 radical (unpaired) electrons. The Morgan fingerprint density at radius 3 is 2.45 bits per heavy atom. The summed E-state index contributed by atoms with van der Waals surface area (Å²) >= 11 is 5.84. The third kappa shape index (κ3) is 4.78. The fourth-order valence-corrected chi connectivity index (χ4v) is 3.09. The van der Waals surface area contributed by atoms with Crippen LogP contribution >= 0.6 is 11.6 Å². The Balaban J connectivity index is 2.12. The maximum absolute atomic E-state index is 12.9. The van der Waals surface area contributed by atoms with Crippen LogP contribution in [-0.4, -0.2) is 36.7 Å². The maximum Gasteiger partial charge on any atom is 0.416 e. The average molecular weight is 456 g/mol. The lowest BCUT2D eigenvalue weighted by atomic mass is 10.1. The first-order valence-electron chi connectivity index (χ1n) is 8.75. The fraction of sp³-hybridized carbons (Fsp3) is 0.211. The topological polar surface area (TPSA) is 103 Å². The summed E-state index contributed by atoms with van der Waals surface area (Å²) in [5, 5.41) is 25.3. The molecule has 0 spiro atoms. The van der Waals surface area contributed by atoms with Crippen molar-refractivity contribution in [3.05, 3.63) is 86.1 Å². The van der Waals surface area contributed by atoms with Crippen LogP contribution in [0, 0.1) is 17.0 Å². The highest BCUT2D eigenvalue weighted by Gasteiger charge is 2.39. The minimum Gasteiger partial charge on any atom is -0.382 e. The Bertz CT molecular complexity index is 1170. The molecule has 0 saturated carbocycles. The molecule has 1 atom stereocenters. The molecular formula is C19H15ClF3N4O4. The number of hydrogen-bond acceptors (Lipinski definition) is 5. The lowest BCUT2D eigenvalue weighted by molar-refractivity contribution is -0.386. The van der Waals surface area contributed by atoms with Crippen molar-refractivity contribution >= 4 is 17.3 Å². The van der Waals surface area contributed by atoms with E-state index in [0.29, 0.717) is 9.59 Å². The lowest BCUT2D eigenvalue weighted by Gasteiger charge is -2.15. The van der Waals surface area contributed by atoms with E-state index in [1.165, 1.54) is 42.5 Å². The van der Waals surface area contributed by atoms with Gasteiger partial charge in [-0.2, -0.15) is 13.2 Å². The largest absolute Gasteiger partial charge is 0.416 e. The zero-order valence-electron chi connectivity index (χ0n) is 15.7. The number of aromatic nitrogens is 3. The summed E-state index contributed by atoms with van der Waals surface area (Å²) in [6.07, 6.45) is -7.77. The molecule has 12 heteroatoms. The molecule has 1 heterocycles. The number of benzene rings is 2. The van der Waals surface area contributed by atoms with Crippen LogP contribution in [0.5, 0.6) is 0 Å². The zero-order chi connectivity index (χ0) is 22.9. The van der Waals surface area contributed by atoms with Crippen molar-refractivity contribution in [3.63, 3.8) is 0 Å². The van der Waals surface area contributed by atoms with E-state index in [2.05, 4.69) is 12.0 Å². The van der Waals surface area contributed by atoms with Gasteiger partial charge in [0.2, 0.25) is 0 Å². The van der Waals surface area contributed by atoms with Crippen molar-refractivity contribution in [2.45, 2.75) is 25.4 Å². The van der Waals surface area contributed by atoms with Gasteiger partial charge in [0.25, 0.3) is 5.69 Å². The first-order valence-corrected chi connectivity index (χ1v) is 9.13. The second-order valence-corrected chi connectivity index (χ2v) is 7.06. The van der Waals surface area contributed by atoms with Crippen LogP contribution < -0.4 is 5.69 Å². The van der Waals surface area contributed by atoms with Gasteiger partial charge in [0.05, 0.1) is 23.6 Å². The lowest BCUT2D eigenvalue weighted by Crippen LogP contribution is -2.37. The quantitative estimate of drug-likeness (QED) is 0.453. The zero-order valence-corrected chi connectivity index (χ0v) is 16.5. The number of aliphatic hydroxyl groups is 1. The molecule has 8 nitrogen and oxygen atoms in total. The average Bonchev–Trinajstić information content (AvgIpc) is 2.97. The predicted molar refractivity (Wildman–Crippen MR) is 106 cm³/mol. The van der Waals surface area contributed by atoms with Crippen LogP contribution in [0.15, 0.2) is 47.3 Å². The number of alkyl halides is 3. The molecule has 0 aliphatic carbocycles. The maximum atomic E-state index is 12.9. The summed E-state index contributed by atoms with van der Waals surface area (Å²) in [5.41, 5.74) is -0.817. The van der Waals surface area contributed by atoms with Crippen molar-refractivity contribution in [1.29, 1.82) is 0 Å². The van der Waals surface area contributed by atoms with E-state index in [0.717, 1.165) is 4.68 Å². The van der Waals surface area contributed by atoms with E-state index in [1.54, 1.807) is 0 Å². The predicted octanol–water partition coefficient (Wildman–Crippen LogP) is 3.43. The SMILES string of the molecule is [CH2]c1cccc(Cn2nc(-c3ccc(Cl)cc3)n(C[C@H](O)C(F)(F)F)c2=O)c1[N+](=O)[O-]. The number of nitro groups is 1. The van der Waals surface area contributed by atoms with Crippen molar-refractivity contribution in [3.8, 4) is 11.4 Å². The van der Waals surface area contributed by atoms with Crippen LogP contribution in [0.2, 0.25) is 5.02 Å². The van der Waals surface area contributed by atoms with Gasteiger partial charge < -0.3 is 5.11 Å². The molecular weight excluding hydrogens is 441 g/mol. The highest BCUT2D eigenvalue weighted by molar-refractivity contribution is 6.30. The molecule has 3 rings (SSSR count). The van der Waals surface area contributed by atoms with E-state index >= 15 is 0 Å². The number of halogens is 4. The smallest absolute Gasteiger partial charge is 0.382 e. The van der Waals surface area contributed by atoms with Gasteiger partial charge in [-0.3, -0.25) is 14.7 Å². The van der Waals surface area contributed by atoms with E-state index < -0.39 is 29.4 Å². The standard InChI is InChI=1S/C19H15ClF3N4O4/c1-11-3-2-4-13(16(11)27(30)31)9-26-18(29)25(10-15(28)19(21,22)23)17(24-26)12-5-7-14(20)8-6-12/h2-8,15,28H,1,9-10H2/t15-/m0/s1. The van der Waals surface area contributed by atoms with E-state index in [1.807, 2.05) is 0 Å². The third-order valence-corrected chi connectivity index (χ3v) is 4.72. The van der Waals surface area contributed by atoms with Crippen LogP contribution in [0.4, 0.5) is 18.9 Å². The molecule has 163 valence electrons. The van der Waals surface area contributed by atoms with E-state index in [-0.39, 0.29) is 34.7 Å². The van der Waals surface area contributed by atoms with Gasteiger partial charge in [-0.1, -0.05) is 29.8 Å². The summed E-state index contributed by atoms with van der Waals surface area (Å²) in [5.74, 6) is -0.154. The monoisotopic (exact) mass is 455 g/mol. The number of nitrogens with zero attached hydrogens (tertiary/aromatic N) is 4. The first kappa shape index (κ1) is 22.5. The Morgan fingerprint density at radius 1 is 1.23 bits per heavy atom. The molecule has 0 fully saturated rings. The molecule has 0 bridgehead atoms. The van der Waals surface area contributed by atoms with Crippen LogP contribution in [0.1, 0.15) is 11.1 Å². The number of aliphatic hydroxyl groups excluding tert-OH is 1. The normalized spacial score (nSPS) is 12.7. The number of nitro benzene ring substituents is 1. The summed E-state index contributed by atoms with van der Waals surface area (Å²) in [6.45, 7) is 2.11. The van der Waals surface area contributed by atoms with Crippen molar-refractivity contribution in [1.82, 2.24) is 14.3 Å². The van der Waals surface area contributed by atoms with E-state index in [4.69, 9.17) is 11.6 Å². The van der Waals surface area contributed by atoms with Crippen molar-refractivity contribution in [2.75, 3.05) is 0 Å². The Morgan fingerprint density at radius 2 is 1.87 bits per heavy atom. The van der Waals surface area contributed by atoms with E-state index in [9.17, 15) is 33.2 Å². The molecule has 2 aromatic carbocycles. The number of hydrogen-bond donors (Lipinski definition) is 1. The van der Waals surface area contributed by atoms with Gasteiger partial charge in [-0.25, -0.2) is 9.48 Å². The van der Waals surface area contributed by atoms with Gasteiger partial charge in [-0.15, -0.1) is 5.10 Å². The van der Waals surface area contributed by atoms with Crippen LogP contribution in [-0.2, 0) is 13.1 Å². The third-order valence-electron chi connectivity index (χ3n) is 4.46. The molecule has 3 aromatic rings. The van der Waals surface area contributed by atoms with Gasteiger partial charge >= 0.3 is 11.9 Å². The van der Waals surface area contributed by atoms with Gasteiger partial charge in [0.15, 0.2) is 11.9 Å². The number of para-hydroxylation sites is 1. The molecule has 0 unspecified atom stereocenters. The van der Waals surface area contributed by atoms with Crippen molar-refractivity contribution in [2.24, 2.45) is 0 Å². The molecule has 0 aliphatic heterocycles. The summed E-state index contributed by atoms with van der Waals surface area (Å²) in [6, 6.07) is 10.1. The van der Waals surface area contributed by atoms with Gasteiger partial charge in [0, 0.05) is 16.1 Å². The fourth-order valence-electron chi connectivity index (χ4n) is 2.97. The first-order chi connectivity index (χ1) is 14.5.